The van der Waals surface area contributed by atoms with E-state index in [0.29, 0.717) is 17.2 Å². The second-order valence-corrected chi connectivity index (χ2v) is 9.35. The Morgan fingerprint density at radius 1 is 0.567 bits per heavy atom. The molecule has 0 spiro atoms. The third-order valence-electron chi connectivity index (χ3n) is 7.32. The Labute approximate surface area is 178 Å². The van der Waals surface area contributed by atoms with E-state index in [4.69, 9.17) is 0 Å². The van der Waals surface area contributed by atoms with Crippen LogP contribution >= 0.6 is 0 Å². The van der Waals surface area contributed by atoms with Gasteiger partial charge in [0, 0.05) is 10.8 Å². The third-order valence-corrected chi connectivity index (χ3v) is 7.32. The second kappa shape index (κ2) is 6.80. The predicted molar refractivity (Wildman–Crippen MR) is 121 cm³/mol. The van der Waals surface area contributed by atoms with Gasteiger partial charge in [-0.15, -0.1) is 0 Å². The monoisotopic (exact) mass is 402 g/mol. The molecule has 3 aromatic carbocycles. The summed E-state index contributed by atoms with van der Waals surface area (Å²) in [7, 11) is 0. The highest BCUT2D eigenvalue weighted by molar-refractivity contribution is 5.58. The summed E-state index contributed by atoms with van der Waals surface area (Å²) in [5.74, 6) is 0.917. The highest BCUT2D eigenvalue weighted by Gasteiger charge is 2.44. The van der Waals surface area contributed by atoms with Gasteiger partial charge in [-0.25, -0.2) is 0 Å². The van der Waals surface area contributed by atoms with Crippen LogP contribution in [-0.2, 0) is 10.8 Å². The van der Waals surface area contributed by atoms with Crippen LogP contribution in [0.1, 0.15) is 65.6 Å². The quantitative estimate of drug-likeness (QED) is 0.483. The molecule has 0 heterocycles. The van der Waals surface area contributed by atoms with Crippen molar-refractivity contribution < 1.29 is 15.3 Å². The first-order valence-electron chi connectivity index (χ1n) is 10.5. The van der Waals surface area contributed by atoms with Gasteiger partial charge in [0.1, 0.15) is 17.2 Å². The average molecular weight is 403 g/mol. The van der Waals surface area contributed by atoms with E-state index in [1.807, 2.05) is 39.0 Å². The average Bonchev–Trinajstić information content (AvgIpc) is 2.71. The zero-order chi connectivity index (χ0) is 21.8. The smallest absolute Gasteiger partial charge is 0.118 e. The van der Waals surface area contributed by atoms with Gasteiger partial charge in [-0.05, 0) is 90.8 Å². The number of hydrogen-bond donors (Lipinski definition) is 3. The summed E-state index contributed by atoms with van der Waals surface area (Å²) in [5, 5.41) is 30.7. The van der Waals surface area contributed by atoms with Crippen molar-refractivity contribution in [1.29, 1.82) is 0 Å². The minimum Gasteiger partial charge on any atom is -0.508 e. The van der Waals surface area contributed by atoms with Crippen LogP contribution in [0.5, 0.6) is 17.2 Å². The van der Waals surface area contributed by atoms with Gasteiger partial charge in [0.2, 0.25) is 0 Å². The summed E-state index contributed by atoms with van der Waals surface area (Å²) in [4.78, 5) is 0. The third kappa shape index (κ3) is 2.96. The molecule has 30 heavy (non-hydrogen) atoms. The summed E-state index contributed by atoms with van der Waals surface area (Å²) in [6.45, 7) is 10.3. The number of hydrogen-bond acceptors (Lipinski definition) is 3. The van der Waals surface area contributed by atoms with E-state index in [9.17, 15) is 15.3 Å². The van der Waals surface area contributed by atoms with Crippen molar-refractivity contribution in [3.05, 3.63) is 87.5 Å². The molecule has 1 aliphatic rings. The molecule has 0 aliphatic heterocycles. The number of fused-ring (bicyclic) bond motifs is 1. The summed E-state index contributed by atoms with van der Waals surface area (Å²) >= 11 is 0. The Balaban J connectivity index is 1.96. The number of aryl methyl sites for hydroxylation is 3. The highest BCUT2D eigenvalue weighted by atomic mass is 16.3. The lowest BCUT2D eigenvalue weighted by Gasteiger charge is -2.46. The van der Waals surface area contributed by atoms with Crippen LogP contribution in [0.3, 0.4) is 0 Å². The van der Waals surface area contributed by atoms with Crippen molar-refractivity contribution >= 4 is 0 Å². The second-order valence-electron chi connectivity index (χ2n) is 9.35. The van der Waals surface area contributed by atoms with Crippen LogP contribution in [0.2, 0.25) is 0 Å². The Hall–Kier alpha value is -2.94. The lowest BCUT2D eigenvalue weighted by atomic mass is 9.57. The fourth-order valence-corrected chi connectivity index (χ4v) is 4.98. The molecular weight excluding hydrogens is 372 g/mol. The first-order valence-corrected chi connectivity index (χ1v) is 10.5. The van der Waals surface area contributed by atoms with E-state index in [1.165, 1.54) is 11.1 Å². The molecular formula is C27H30O3. The normalized spacial score (nSPS) is 23.2. The van der Waals surface area contributed by atoms with Crippen molar-refractivity contribution in [3.63, 3.8) is 0 Å². The molecule has 3 nitrogen and oxygen atoms in total. The maximum atomic E-state index is 10.6. The molecule has 2 atom stereocenters. The lowest BCUT2D eigenvalue weighted by Crippen LogP contribution is -2.39. The predicted octanol–water partition coefficient (Wildman–Crippen LogP) is 6.13. The van der Waals surface area contributed by atoms with Gasteiger partial charge < -0.3 is 15.3 Å². The molecule has 1 aliphatic carbocycles. The van der Waals surface area contributed by atoms with Gasteiger partial charge in [0.15, 0.2) is 0 Å². The summed E-state index contributed by atoms with van der Waals surface area (Å²) < 4.78 is 0. The zero-order valence-electron chi connectivity index (χ0n) is 18.4. The van der Waals surface area contributed by atoms with E-state index in [2.05, 4.69) is 32.0 Å². The minimum atomic E-state index is -0.273. The Morgan fingerprint density at radius 2 is 0.967 bits per heavy atom. The molecule has 3 heteroatoms. The van der Waals surface area contributed by atoms with Crippen LogP contribution in [0.4, 0.5) is 0 Å². The number of phenols is 3. The lowest BCUT2D eigenvalue weighted by molar-refractivity contribution is 0.364. The van der Waals surface area contributed by atoms with Crippen LogP contribution < -0.4 is 0 Å². The van der Waals surface area contributed by atoms with Gasteiger partial charge in [-0.1, -0.05) is 44.2 Å². The van der Waals surface area contributed by atoms with Gasteiger partial charge >= 0.3 is 0 Å². The molecule has 0 saturated carbocycles. The molecule has 2 unspecified atom stereocenters. The number of phenolic OH excluding ortho intramolecular Hbond substituents is 3. The van der Waals surface area contributed by atoms with Crippen molar-refractivity contribution in [3.8, 4) is 17.2 Å². The summed E-state index contributed by atoms with van der Waals surface area (Å²) in [6, 6.07) is 15.7. The molecule has 3 N–H and O–H groups in total. The first-order chi connectivity index (χ1) is 14.1. The fourth-order valence-electron chi connectivity index (χ4n) is 4.98. The van der Waals surface area contributed by atoms with Crippen LogP contribution in [0.25, 0.3) is 0 Å². The Morgan fingerprint density at radius 3 is 1.40 bits per heavy atom. The maximum Gasteiger partial charge on any atom is 0.118 e. The largest absolute Gasteiger partial charge is 0.508 e. The van der Waals surface area contributed by atoms with Crippen molar-refractivity contribution in [2.75, 3.05) is 0 Å². The molecule has 0 aromatic heterocycles. The molecule has 156 valence electrons. The van der Waals surface area contributed by atoms with Crippen LogP contribution in [-0.4, -0.2) is 15.3 Å². The van der Waals surface area contributed by atoms with Gasteiger partial charge in [0.25, 0.3) is 0 Å². The van der Waals surface area contributed by atoms with E-state index in [-0.39, 0.29) is 10.8 Å². The summed E-state index contributed by atoms with van der Waals surface area (Å²) in [6.07, 6.45) is 1.84. The van der Waals surface area contributed by atoms with E-state index >= 15 is 0 Å². The van der Waals surface area contributed by atoms with E-state index in [0.717, 1.165) is 40.7 Å². The fraction of sp³-hybridized carbons (Fsp3) is 0.333. The number of aromatic hydroxyl groups is 3. The Bertz CT molecular complexity index is 1060. The van der Waals surface area contributed by atoms with Crippen molar-refractivity contribution in [1.82, 2.24) is 0 Å². The van der Waals surface area contributed by atoms with Crippen LogP contribution in [0.15, 0.2) is 48.5 Å². The topological polar surface area (TPSA) is 60.7 Å². The molecule has 0 radical (unpaired) electrons. The van der Waals surface area contributed by atoms with Crippen molar-refractivity contribution in [2.24, 2.45) is 0 Å². The Kier molecular flexibility index (Phi) is 4.61. The van der Waals surface area contributed by atoms with Crippen molar-refractivity contribution in [2.45, 2.75) is 58.3 Å². The zero-order valence-corrected chi connectivity index (χ0v) is 18.4. The first kappa shape index (κ1) is 20.3. The number of benzene rings is 3. The van der Waals surface area contributed by atoms with E-state index < -0.39 is 0 Å². The SMILES string of the molecule is Cc1cc(C2(C)CCC(C)(c3ccc(O)c(C)c3)c3cc(O)c(C)cc32)ccc1O. The van der Waals surface area contributed by atoms with Gasteiger partial charge in [-0.2, -0.15) is 0 Å². The number of rotatable bonds is 2. The molecule has 0 fully saturated rings. The highest BCUT2D eigenvalue weighted by Crippen LogP contribution is 2.53. The minimum absolute atomic E-state index is 0.224. The van der Waals surface area contributed by atoms with E-state index in [1.54, 1.807) is 12.1 Å². The molecule has 0 amide bonds. The molecule has 0 bridgehead atoms. The molecule has 4 rings (SSSR count). The standard InChI is InChI=1S/C27H30O3/c1-16-12-19(6-8-23(16)28)26(4)10-11-27(5,20-7-9-24(29)17(2)13-20)22-15-25(30)18(3)14-21(22)26/h6-9,12-15,28-30H,10-11H2,1-5H3. The van der Waals surface area contributed by atoms with Gasteiger partial charge in [0.05, 0.1) is 0 Å². The van der Waals surface area contributed by atoms with Crippen LogP contribution in [0, 0.1) is 20.8 Å². The summed E-state index contributed by atoms with van der Waals surface area (Å²) in [5.41, 5.74) is 6.74. The molecule has 3 aromatic rings. The molecule has 0 saturated heterocycles. The van der Waals surface area contributed by atoms with Gasteiger partial charge in [-0.3, -0.25) is 0 Å². The maximum absolute atomic E-state index is 10.6.